The van der Waals surface area contributed by atoms with E-state index < -0.39 is 0 Å². The second-order valence-corrected chi connectivity index (χ2v) is 5.12. The largest absolute Gasteiger partial charge is 0.317 e. The number of rotatable bonds is 3. The minimum Gasteiger partial charge on any atom is -0.317 e. The van der Waals surface area contributed by atoms with Crippen LogP contribution in [0, 0.1) is 5.92 Å². The van der Waals surface area contributed by atoms with Crippen LogP contribution in [0.15, 0.2) is 11.4 Å². The Morgan fingerprint density at radius 3 is 2.93 bits per heavy atom. The Kier molecular flexibility index (Phi) is 3.60. The third kappa shape index (κ3) is 2.37. The van der Waals surface area contributed by atoms with Crippen molar-refractivity contribution in [3.05, 3.63) is 21.9 Å². The summed E-state index contributed by atoms with van der Waals surface area (Å²) in [6.07, 6.45) is 5.24. The summed E-state index contributed by atoms with van der Waals surface area (Å²) < 4.78 is 0. The second kappa shape index (κ2) is 4.94. The van der Waals surface area contributed by atoms with E-state index in [1.807, 2.05) is 11.3 Å². The maximum atomic E-state index is 3.43. The van der Waals surface area contributed by atoms with Gasteiger partial charge in [0.15, 0.2) is 0 Å². The predicted molar refractivity (Wildman–Crippen MR) is 63.0 cm³/mol. The average Bonchev–Trinajstić information content (AvgIpc) is 2.67. The molecule has 2 heteroatoms. The Bertz CT molecular complexity index is 274. The van der Waals surface area contributed by atoms with E-state index in [9.17, 15) is 0 Å². The minimum absolute atomic E-state index is 0.931. The van der Waals surface area contributed by atoms with Crippen molar-refractivity contribution in [1.82, 2.24) is 5.32 Å². The summed E-state index contributed by atoms with van der Waals surface area (Å²) in [4.78, 5) is 1.64. The first-order valence-electron chi connectivity index (χ1n) is 5.66. The van der Waals surface area contributed by atoms with Crippen LogP contribution in [0.25, 0.3) is 0 Å². The standard InChI is InChI=1S/C12H19NS/c1-2-11-5-8-14-12(11)9-10-3-6-13-7-4-10/h5,8,10,13H,2-4,6-7,9H2,1H3. The quantitative estimate of drug-likeness (QED) is 0.807. The third-order valence-corrected chi connectivity index (χ3v) is 4.14. The highest BCUT2D eigenvalue weighted by Crippen LogP contribution is 2.24. The molecule has 1 aliphatic heterocycles. The molecule has 0 saturated carbocycles. The SMILES string of the molecule is CCc1ccsc1CC1CCNCC1. The van der Waals surface area contributed by atoms with Gasteiger partial charge in [-0.25, -0.2) is 0 Å². The molecule has 0 amide bonds. The summed E-state index contributed by atoms with van der Waals surface area (Å²) in [7, 11) is 0. The molecule has 1 fully saturated rings. The first-order valence-corrected chi connectivity index (χ1v) is 6.54. The van der Waals surface area contributed by atoms with E-state index in [0.29, 0.717) is 0 Å². The number of nitrogens with one attached hydrogen (secondary N) is 1. The lowest BCUT2D eigenvalue weighted by Gasteiger charge is -2.22. The smallest absolute Gasteiger partial charge is 0.00798 e. The second-order valence-electron chi connectivity index (χ2n) is 4.12. The molecule has 2 rings (SSSR count). The van der Waals surface area contributed by atoms with Gasteiger partial charge in [0, 0.05) is 4.88 Å². The Balaban J connectivity index is 1.95. The van der Waals surface area contributed by atoms with Crippen molar-refractivity contribution in [3.63, 3.8) is 0 Å². The van der Waals surface area contributed by atoms with Crippen LogP contribution in [0.3, 0.4) is 0 Å². The number of piperidine rings is 1. The van der Waals surface area contributed by atoms with Crippen LogP contribution in [-0.4, -0.2) is 13.1 Å². The maximum Gasteiger partial charge on any atom is 0.00798 e. The summed E-state index contributed by atoms with van der Waals surface area (Å²) in [5.41, 5.74) is 1.58. The molecular weight excluding hydrogens is 190 g/mol. The van der Waals surface area contributed by atoms with Gasteiger partial charge in [0.2, 0.25) is 0 Å². The summed E-state index contributed by atoms with van der Waals surface area (Å²) in [6, 6.07) is 2.29. The zero-order valence-electron chi connectivity index (χ0n) is 8.88. The lowest BCUT2D eigenvalue weighted by atomic mass is 9.93. The summed E-state index contributed by atoms with van der Waals surface area (Å²) in [5, 5.41) is 5.67. The van der Waals surface area contributed by atoms with E-state index in [0.717, 1.165) is 5.92 Å². The molecule has 0 aromatic carbocycles. The first kappa shape index (κ1) is 10.2. The Labute approximate surface area is 90.5 Å². The molecule has 1 N–H and O–H groups in total. The van der Waals surface area contributed by atoms with E-state index in [4.69, 9.17) is 0 Å². The molecule has 78 valence electrons. The van der Waals surface area contributed by atoms with Gasteiger partial charge in [-0.15, -0.1) is 11.3 Å². The Morgan fingerprint density at radius 1 is 1.43 bits per heavy atom. The van der Waals surface area contributed by atoms with Crippen LogP contribution in [0.5, 0.6) is 0 Å². The van der Waals surface area contributed by atoms with Gasteiger partial charge in [-0.3, -0.25) is 0 Å². The van der Waals surface area contributed by atoms with Gasteiger partial charge in [0.05, 0.1) is 0 Å². The monoisotopic (exact) mass is 209 g/mol. The molecule has 1 aromatic rings. The molecule has 0 bridgehead atoms. The van der Waals surface area contributed by atoms with Gasteiger partial charge in [-0.2, -0.15) is 0 Å². The molecule has 1 saturated heterocycles. The van der Waals surface area contributed by atoms with Gasteiger partial charge in [-0.1, -0.05) is 6.92 Å². The van der Waals surface area contributed by atoms with Gasteiger partial charge in [0.25, 0.3) is 0 Å². The predicted octanol–water partition coefficient (Wildman–Crippen LogP) is 2.85. The molecule has 1 nitrogen and oxygen atoms in total. The zero-order chi connectivity index (χ0) is 9.80. The van der Waals surface area contributed by atoms with Crippen molar-refractivity contribution < 1.29 is 0 Å². The van der Waals surface area contributed by atoms with Gasteiger partial charge in [0.1, 0.15) is 0 Å². The van der Waals surface area contributed by atoms with E-state index >= 15 is 0 Å². The lowest BCUT2D eigenvalue weighted by Crippen LogP contribution is -2.28. The van der Waals surface area contributed by atoms with Crippen molar-refractivity contribution >= 4 is 11.3 Å². The summed E-state index contributed by atoms with van der Waals surface area (Å²) in [5.74, 6) is 0.931. The van der Waals surface area contributed by atoms with Crippen LogP contribution in [-0.2, 0) is 12.8 Å². The van der Waals surface area contributed by atoms with Crippen LogP contribution in [0.2, 0.25) is 0 Å². The van der Waals surface area contributed by atoms with Crippen LogP contribution >= 0.6 is 11.3 Å². The molecule has 2 heterocycles. The topological polar surface area (TPSA) is 12.0 Å². The zero-order valence-corrected chi connectivity index (χ0v) is 9.70. The fourth-order valence-electron chi connectivity index (χ4n) is 2.21. The first-order chi connectivity index (χ1) is 6.90. The maximum absolute atomic E-state index is 3.43. The van der Waals surface area contributed by atoms with Crippen molar-refractivity contribution in [3.8, 4) is 0 Å². The van der Waals surface area contributed by atoms with E-state index in [-0.39, 0.29) is 0 Å². The highest BCUT2D eigenvalue weighted by atomic mass is 32.1. The molecule has 1 aromatic heterocycles. The Hall–Kier alpha value is -0.340. The molecule has 0 unspecified atom stereocenters. The molecular formula is C12H19NS. The van der Waals surface area contributed by atoms with E-state index in [2.05, 4.69) is 23.7 Å². The average molecular weight is 209 g/mol. The fourth-order valence-corrected chi connectivity index (χ4v) is 3.30. The van der Waals surface area contributed by atoms with Crippen molar-refractivity contribution in [2.75, 3.05) is 13.1 Å². The third-order valence-electron chi connectivity index (χ3n) is 3.15. The molecule has 0 spiro atoms. The fraction of sp³-hybridized carbons (Fsp3) is 0.667. The normalized spacial score (nSPS) is 18.6. The number of hydrogen-bond acceptors (Lipinski definition) is 2. The molecule has 0 atom stereocenters. The van der Waals surface area contributed by atoms with Crippen molar-refractivity contribution in [2.24, 2.45) is 5.92 Å². The van der Waals surface area contributed by atoms with Gasteiger partial charge in [-0.05, 0) is 61.7 Å². The molecule has 1 aliphatic rings. The Morgan fingerprint density at radius 2 is 2.21 bits per heavy atom. The molecule has 0 radical (unpaired) electrons. The molecule has 14 heavy (non-hydrogen) atoms. The highest BCUT2D eigenvalue weighted by Gasteiger charge is 2.15. The summed E-state index contributed by atoms with van der Waals surface area (Å²) in [6.45, 7) is 4.70. The minimum atomic E-state index is 0.931. The highest BCUT2D eigenvalue weighted by molar-refractivity contribution is 7.10. The van der Waals surface area contributed by atoms with E-state index in [1.54, 1.807) is 10.4 Å². The van der Waals surface area contributed by atoms with Crippen LogP contribution in [0.4, 0.5) is 0 Å². The van der Waals surface area contributed by atoms with E-state index in [1.165, 1.54) is 38.8 Å². The van der Waals surface area contributed by atoms with Crippen LogP contribution in [0.1, 0.15) is 30.2 Å². The number of hydrogen-bond donors (Lipinski definition) is 1. The van der Waals surface area contributed by atoms with Crippen molar-refractivity contribution in [2.45, 2.75) is 32.6 Å². The lowest BCUT2D eigenvalue weighted by molar-refractivity contribution is 0.374. The summed E-state index contributed by atoms with van der Waals surface area (Å²) >= 11 is 1.95. The molecule has 0 aliphatic carbocycles. The van der Waals surface area contributed by atoms with Crippen molar-refractivity contribution in [1.29, 1.82) is 0 Å². The van der Waals surface area contributed by atoms with Gasteiger partial charge < -0.3 is 5.32 Å². The number of aryl methyl sites for hydroxylation is 1. The van der Waals surface area contributed by atoms with Gasteiger partial charge >= 0.3 is 0 Å². The number of thiophene rings is 1. The van der Waals surface area contributed by atoms with Crippen LogP contribution < -0.4 is 5.32 Å².